The van der Waals surface area contributed by atoms with E-state index in [0.717, 1.165) is 37.4 Å². The number of pyridine rings is 1. The monoisotopic (exact) mass is 558 g/mol. The molecule has 0 bridgehead atoms. The molecule has 1 heterocycles. The van der Waals surface area contributed by atoms with Gasteiger partial charge in [0.15, 0.2) is 0 Å². The van der Waals surface area contributed by atoms with Gasteiger partial charge in [-0.25, -0.2) is 13.8 Å². The predicted molar refractivity (Wildman–Crippen MR) is 152 cm³/mol. The van der Waals surface area contributed by atoms with E-state index in [2.05, 4.69) is 41.6 Å². The van der Waals surface area contributed by atoms with Crippen molar-refractivity contribution in [3.05, 3.63) is 93.6 Å². The van der Waals surface area contributed by atoms with Crippen molar-refractivity contribution in [3.8, 4) is 0 Å². The number of hydrogen-bond acceptors (Lipinski definition) is 5. The first-order valence-electron chi connectivity index (χ1n) is 13.3. The second kappa shape index (κ2) is 14.9. The Morgan fingerprint density at radius 1 is 1.05 bits per heavy atom. The number of aliphatic hydroxyl groups is 1. The molecule has 0 fully saturated rings. The molecule has 1 amide bonds. The van der Waals surface area contributed by atoms with Gasteiger partial charge in [-0.05, 0) is 60.2 Å². The van der Waals surface area contributed by atoms with Crippen molar-refractivity contribution in [2.45, 2.75) is 58.2 Å². The van der Waals surface area contributed by atoms with E-state index in [1.807, 2.05) is 24.1 Å². The lowest BCUT2D eigenvalue weighted by atomic mass is 10.00. The Hall–Kier alpha value is -3.07. The van der Waals surface area contributed by atoms with Crippen molar-refractivity contribution in [1.82, 2.24) is 15.6 Å². The Kier molecular flexibility index (Phi) is 11.7. The molecule has 1 aromatic heterocycles. The van der Waals surface area contributed by atoms with Gasteiger partial charge in [0.05, 0.1) is 12.1 Å². The lowest BCUT2D eigenvalue weighted by molar-refractivity contribution is 0.0829. The van der Waals surface area contributed by atoms with Crippen LogP contribution in [0.15, 0.2) is 54.6 Å². The van der Waals surface area contributed by atoms with Crippen LogP contribution in [0.25, 0.3) is 0 Å². The van der Waals surface area contributed by atoms with Crippen molar-refractivity contribution in [1.29, 1.82) is 0 Å². The number of aliphatic hydroxyl groups excluding tert-OH is 1. The summed E-state index contributed by atoms with van der Waals surface area (Å²) in [6, 6.07) is 13.6. The molecule has 2 unspecified atom stereocenters. The quantitative estimate of drug-likeness (QED) is 0.234. The molecular formula is C30H37ClF2N4O2. The lowest BCUT2D eigenvalue weighted by Gasteiger charge is -2.25. The van der Waals surface area contributed by atoms with Crippen molar-refractivity contribution >= 4 is 23.3 Å². The largest absolute Gasteiger partial charge is 0.390 e. The van der Waals surface area contributed by atoms with E-state index in [9.17, 15) is 18.7 Å². The van der Waals surface area contributed by atoms with Crippen LogP contribution in [0.5, 0.6) is 0 Å². The molecule has 0 saturated carbocycles. The molecule has 3 rings (SSSR count). The number of aryl methyl sites for hydroxylation is 1. The summed E-state index contributed by atoms with van der Waals surface area (Å²) < 4.78 is 27.8. The molecule has 2 atom stereocenters. The third-order valence-corrected chi connectivity index (χ3v) is 6.72. The van der Waals surface area contributed by atoms with E-state index in [0.29, 0.717) is 17.9 Å². The van der Waals surface area contributed by atoms with Gasteiger partial charge in [0.25, 0.3) is 5.91 Å². The second-order valence-electron chi connectivity index (χ2n) is 9.75. The van der Waals surface area contributed by atoms with Gasteiger partial charge in [0.1, 0.15) is 22.6 Å². The third kappa shape index (κ3) is 9.56. The highest BCUT2D eigenvalue weighted by Gasteiger charge is 2.24. The molecule has 6 nitrogen and oxygen atoms in total. The summed E-state index contributed by atoms with van der Waals surface area (Å²) in [5.74, 6) is -1.36. The Balaban J connectivity index is 1.76. The fourth-order valence-corrected chi connectivity index (χ4v) is 4.51. The maximum absolute atomic E-state index is 13.9. The number of amides is 1. The number of carbonyl (C=O) groups is 1. The van der Waals surface area contributed by atoms with Gasteiger partial charge < -0.3 is 20.6 Å². The SMILES string of the molecule is CCCCN(C)c1cc(C(=O)NC(Cc2cc(F)cc(F)c2)C(O)CNCc2cccc(CC)c2)cc(Cl)n1. The minimum atomic E-state index is -1.04. The summed E-state index contributed by atoms with van der Waals surface area (Å²) in [5.41, 5.74) is 2.88. The van der Waals surface area contributed by atoms with Crippen LogP contribution in [-0.2, 0) is 19.4 Å². The van der Waals surface area contributed by atoms with Crippen LogP contribution in [0.1, 0.15) is 53.7 Å². The number of anilines is 1. The molecule has 3 N–H and O–H groups in total. The predicted octanol–water partition coefficient (Wildman–Crippen LogP) is 5.30. The molecule has 0 aliphatic rings. The van der Waals surface area contributed by atoms with E-state index in [1.54, 1.807) is 6.07 Å². The lowest BCUT2D eigenvalue weighted by Crippen LogP contribution is -2.48. The van der Waals surface area contributed by atoms with Gasteiger partial charge in [-0.2, -0.15) is 0 Å². The standard InChI is InChI=1S/C30H37ClF2N4O2/c1-4-6-10-37(3)29-16-23(15-28(31)36-29)30(39)35-26(14-22-12-24(32)17-25(33)13-22)27(38)19-34-18-21-9-7-8-20(5-2)11-21/h7-9,11-13,15-17,26-27,34,38H,4-6,10,14,18-19H2,1-3H3,(H,35,39). The number of carbonyl (C=O) groups excluding carboxylic acids is 1. The molecule has 0 saturated heterocycles. The average molecular weight is 559 g/mol. The maximum atomic E-state index is 13.9. The summed E-state index contributed by atoms with van der Waals surface area (Å²) in [6.07, 6.45) is 1.87. The maximum Gasteiger partial charge on any atom is 0.251 e. The highest BCUT2D eigenvalue weighted by molar-refractivity contribution is 6.29. The first kappa shape index (κ1) is 30.5. The molecule has 9 heteroatoms. The number of hydrogen-bond donors (Lipinski definition) is 3. The van der Waals surface area contributed by atoms with Crippen LogP contribution < -0.4 is 15.5 Å². The molecule has 3 aromatic rings. The normalized spacial score (nSPS) is 12.7. The minimum absolute atomic E-state index is 0.0245. The highest BCUT2D eigenvalue weighted by Crippen LogP contribution is 2.19. The van der Waals surface area contributed by atoms with Crippen molar-refractivity contribution < 1.29 is 18.7 Å². The van der Waals surface area contributed by atoms with Gasteiger partial charge >= 0.3 is 0 Å². The topological polar surface area (TPSA) is 77.5 Å². The number of rotatable bonds is 14. The van der Waals surface area contributed by atoms with Gasteiger partial charge in [-0.3, -0.25) is 4.79 Å². The van der Waals surface area contributed by atoms with Gasteiger partial charge in [-0.15, -0.1) is 0 Å². The second-order valence-corrected chi connectivity index (χ2v) is 10.1. The van der Waals surface area contributed by atoms with E-state index in [4.69, 9.17) is 11.6 Å². The van der Waals surface area contributed by atoms with Gasteiger partial charge in [0.2, 0.25) is 0 Å². The molecule has 210 valence electrons. The van der Waals surface area contributed by atoms with Crippen LogP contribution in [0.4, 0.5) is 14.6 Å². The zero-order chi connectivity index (χ0) is 28.4. The average Bonchev–Trinajstić information content (AvgIpc) is 2.90. The summed E-state index contributed by atoms with van der Waals surface area (Å²) in [4.78, 5) is 19.5. The Labute approximate surface area is 234 Å². The van der Waals surface area contributed by atoms with Crippen LogP contribution in [0.2, 0.25) is 5.15 Å². The third-order valence-electron chi connectivity index (χ3n) is 6.52. The summed E-state index contributed by atoms with van der Waals surface area (Å²) in [7, 11) is 1.88. The number of nitrogens with zero attached hydrogens (tertiary/aromatic N) is 2. The van der Waals surface area contributed by atoms with Crippen LogP contribution in [0, 0.1) is 11.6 Å². The Bertz CT molecular complexity index is 1220. The minimum Gasteiger partial charge on any atom is -0.390 e. The number of unbranched alkanes of at least 4 members (excludes halogenated alkanes) is 1. The molecule has 2 aromatic carbocycles. The fraction of sp³-hybridized carbons (Fsp3) is 0.400. The van der Waals surface area contributed by atoms with Crippen molar-refractivity contribution in [2.75, 3.05) is 25.0 Å². The molecule has 0 spiro atoms. The van der Waals surface area contributed by atoms with Gasteiger partial charge in [-0.1, -0.05) is 56.1 Å². The van der Waals surface area contributed by atoms with E-state index >= 15 is 0 Å². The van der Waals surface area contributed by atoms with E-state index in [1.165, 1.54) is 23.8 Å². The number of halogens is 3. The first-order valence-corrected chi connectivity index (χ1v) is 13.7. The summed E-state index contributed by atoms with van der Waals surface area (Å²) in [6.45, 7) is 5.60. The van der Waals surface area contributed by atoms with E-state index in [-0.39, 0.29) is 23.7 Å². The van der Waals surface area contributed by atoms with Crippen molar-refractivity contribution in [3.63, 3.8) is 0 Å². The summed E-state index contributed by atoms with van der Waals surface area (Å²) in [5, 5.41) is 17.3. The summed E-state index contributed by atoms with van der Waals surface area (Å²) >= 11 is 6.22. The molecule has 0 aliphatic carbocycles. The number of nitrogens with one attached hydrogen (secondary N) is 2. The first-order chi connectivity index (χ1) is 18.7. The molecule has 0 aliphatic heterocycles. The van der Waals surface area contributed by atoms with Crippen LogP contribution in [0.3, 0.4) is 0 Å². The molecule has 39 heavy (non-hydrogen) atoms. The highest BCUT2D eigenvalue weighted by atomic mass is 35.5. The Morgan fingerprint density at radius 3 is 2.46 bits per heavy atom. The smallest absolute Gasteiger partial charge is 0.251 e. The van der Waals surface area contributed by atoms with Crippen LogP contribution >= 0.6 is 11.6 Å². The van der Waals surface area contributed by atoms with E-state index < -0.39 is 29.7 Å². The number of benzene rings is 2. The van der Waals surface area contributed by atoms with Gasteiger partial charge in [0, 0.05) is 38.3 Å². The zero-order valence-corrected chi connectivity index (χ0v) is 23.4. The van der Waals surface area contributed by atoms with Crippen LogP contribution in [-0.4, -0.2) is 48.3 Å². The number of aromatic nitrogens is 1. The fourth-order valence-electron chi connectivity index (χ4n) is 4.30. The molecular weight excluding hydrogens is 522 g/mol. The zero-order valence-electron chi connectivity index (χ0n) is 22.7. The molecule has 0 radical (unpaired) electrons. The van der Waals surface area contributed by atoms with Crippen molar-refractivity contribution in [2.24, 2.45) is 0 Å². The Morgan fingerprint density at radius 2 is 1.77 bits per heavy atom.